The molecule has 6 nitrogen and oxygen atoms in total. The predicted octanol–water partition coefficient (Wildman–Crippen LogP) is 1.77. The Labute approximate surface area is 108 Å². The summed E-state index contributed by atoms with van der Waals surface area (Å²) in [6.45, 7) is 4.91. The Kier molecular flexibility index (Phi) is 6.24. The molecule has 1 aromatic rings. The number of hydrogen-bond acceptors (Lipinski definition) is 5. The maximum atomic E-state index is 5.41. The van der Waals surface area contributed by atoms with Gasteiger partial charge >= 0.3 is 0 Å². The monoisotopic (exact) mass is 252 g/mol. The van der Waals surface area contributed by atoms with Crippen LogP contribution in [0.5, 0.6) is 0 Å². The lowest BCUT2D eigenvalue weighted by molar-refractivity contribution is -0.145. The van der Waals surface area contributed by atoms with E-state index in [0.29, 0.717) is 24.7 Å². The summed E-state index contributed by atoms with van der Waals surface area (Å²) in [5.74, 6) is 0.516. The van der Waals surface area contributed by atoms with E-state index < -0.39 is 6.29 Å². The Morgan fingerprint density at radius 3 is 2.22 bits per heavy atom. The lowest BCUT2D eigenvalue weighted by Gasteiger charge is -2.14. The summed E-state index contributed by atoms with van der Waals surface area (Å²) in [6, 6.07) is 0. The summed E-state index contributed by atoms with van der Waals surface area (Å²) in [5.41, 5.74) is 0.694. The predicted molar refractivity (Wildman–Crippen MR) is 69.9 cm³/mol. The van der Waals surface area contributed by atoms with Crippen LogP contribution < -0.4 is 0 Å². The van der Waals surface area contributed by atoms with E-state index in [1.54, 1.807) is 18.7 Å². The lowest BCUT2D eigenvalue weighted by Crippen LogP contribution is -2.12. The quantitative estimate of drug-likeness (QED) is 0.420. The zero-order chi connectivity index (χ0) is 13.4. The number of ether oxygens (including phenoxy) is 2. The van der Waals surface area contributed by atoms with Gasteiger partial charge in [0.2, 0.25) is 6.29 Å². The summed E-state index contributed by atoms with van der Waals surface area (Å²) < 4.78 is 10.8. The van der Waals surface area contributed by atoms with Crippen LogP contribution in [-0.2, 0) is 9.47 Å². The molecule has 6 heteroatoms. The molecule has 0 radical (unpaired) electrons. The van der Waals surface area contributed by atoms with Crippen LogP contribution in [0.4, 0.5) is 5.69 Å². The fourth-order valence-electron chi connectivity index (χ4n) is 1.20. The highest BCUT2D eigenvalue weighted by Gasteiger charge is 2.13. The van der Waals surface area contributed by atoms with Crippen LogP contribution in [0.15, 0.2) is 17.4 Å². The molecule has 1 aromatic heterocycles. The molecule has 0 saturated heterocycles. The highest BCUT2D eigenvalue weighted by molar-refractivity contribution is 5.59. The average molecular weight is 252 g/mol. The molecule has 100 valence electrons. The molecule has 0 fully saturated rings. The van der Waals surface area contributed by atoms with Gasteiger partial charge in [-0.15, -0.1) is 0 Å². The van der Waals surface area contributed by atoms with Crippen molar-refractivity contribution in [1.29, 1.82) is 0 Å². The summed E-state index contributed by atoms with van der Waals surface area (Å²) in [5, 5.41) is 0. The molecule has 0 atom stereocenters. The molecule has 1 heterocycles. The minimum absolute atomic E-state index is 0.508. The van der Waals surface area contributed by atoms with Crippen LogP contribution in [0.3, 0.4) is 0 Å². The molecule has 0 unspecified atom stereocenters. The van der Waals surface area contributed by atoms with Crippen molar-refractivity contribution in [3.63, 3.8) is 0 Å². The van der Waals surface area contributed by atoms with Gasteiger partial charge in [-0.3, -0.25) is 0 Å². The van der Waals surface area contributed by atoms with E-state index in [-0.39, 0.29) is 0 Å². The fraction of sp³-hybridized carbons (Fsp3) is 0.583. The topological polar surface area (TPSA) is 59.8 Å². The molecule has 1 rings (SSSR count). The fourth-order valence-corrected chi connectivity index (χ4v) is 1.20. The maximum absolute atomic E-state index is 5.41. The maximum Gasteiger partial charge on any atom is 0.219 e. The highest BCUT2D eigenvalue weighted by Crippen LogP contribution is 2.16. The van der Waals surface area contributed by atoms with Crippen LogP contribution in [0.25, 0.3) is 0 Å². The number of aromatic nitrogens is 2. The third kappa shape index (κ3) is 4.77. The van der Waals surface area contributed by atoms with Gasteiger partial charge in [-0.25, -0.2) is 15.0 Å². The van der Waals surface area contributed by atoms with Gasteiger partial charge in [-0.2, -0.15) is 0 Å². The second-order valence-electron chi connectivity index (χ2n) is 3.75. The Morgan fingerprint density at radius 2 is 1.78 bits per heavy atom. The zero-order valence-corrected chi connectivity index (χ0v) is 11.3. The summed E-state index contributed by atoms with van der Waals surface area (Å²) in [4.78, 5) is 14.4. The second-order valence-corrected chi connectivity index (χ2v) is 3.75. The van der Waals surface area contributed by atoms with Crippen LogP contribution in [0, 0.1) is 0 Å². The molecular formula is C12H20N4O2. The Morgan fingerprint density at radius 1 is 1.22 bits per heavy atom. The van der Waals surface area contributed by atoms with Gasteiger partial charge in [0.05, 0.1) is 18.7 Å². The molecule has 0 aliphatic carbocycles. The van der Waals surface area contributed by atoms with Gasteiger partial charge in [0, 0.05) is 27.3 Å². The van der Waals surface area contributed by atoms with Crippen molar-refractivity contribution in [2.24, 2.45) is 4.99 Å². The summed E-state index contributed by atoms with van der Waals surface area (Å²) in [7, 11) is 3.80. The van der Waals surface area contributed by atoms with Gasteiger partial charge < -0.3 is 14.4 Å². The van der Waals surface area contributed by atoms with Gasteiger partial charge in [-0.1, -0.05) is 0 Å². The van der Waals surface area contributed by atoms with Gasteiger partial charge in [0.15, 0.2) is 5.82 Å². The number of rotatable bonds is 7. The summed E-state index contributed by atoms with van der Waals surface area (Å²) in [6.07, 6.45) is 4.48. The van der Waals surface area contributed by atoms with E-state index in [9.17, 15) is 0 Å². The van der Waals surface area contributed by atoms with Crippen molar-refractivity contribution in [1.82, 2.24) is 14.9 Å². The molecule has 0 aliphatic heterocycles. The van der Waals surface area contributed by atoms with Crippen LogP contribution >= 0.6 is 0 Å². The Bertz CT molecular complexity index is 359. The third-order valence-corrected chi connectivity index (χ3v) is 1.94. The Hall–Kier alpha value is -1.53. The average Bonchev–Trinajstić information content (AvgIpc) is 2.37. The standard InChI is InChI=1S/C12H20N4O2/c1-5-17-12(18-6-2)11-13-7-10(8-14-11)15-9-16(3)4/h7-9,12H,5-6H2,1-4H3/b15-9+. The number of nitrogens with zero attached hydrogens (tertiary/aromatic N) is 4. The van der Waals surface area contributed by atoms with E-state index in [2.05, 4.69) is 15.0 Å². The van der Waals surface area contributed by atoms with Crippen molar-refractivity contribution in [2.45, 2.75) is 20.1 Å². The van der Waals surface area contributed by atoms with Gasteiger partial charge in [0.25, 0.3) is 0 Å². The molecule has 0 aliphatic rings. The van der Waals surface area contributed by atoms with Crippen LogP contribution in [0.1, 0.15) is 26.0 Å². The van der Waals surface area contributed by atoms with E-state index in [1.165, 1.54) is 0 Å². The molecule has 18 heavy (non-hydrogen) atoms. The first-order valence-electron chi connectivity index (χ1n) is 5.93. The number of aliphatic imine (C=N–C) groups is 1. The van der Waals surface area contributed by atoms with E-state index in [4.69, 9.17) is 9.47 Å². The van der Waals surface area contributed by atoms with E-state index >= 15 is 0 Å². The molecule has 0 bridgehead atoms. The van der Waals surface area contributed by atoms with E-state index in [0.717, 1.165) is 0 Å². The molecule has 0 spiro atoms. The smallest absolute Gasteiger partial charge is 0.219 e. The van der Waals surface area contributed by atoms with Crippen molar-refractivity contribution in [2.75, 3.05) is 27.3 Å². The Balaban J connectivity index is 2.73. The first kappa shape index (κ1) is 14.5. The number of hydrogen-bond donors (Lipinski definition) is 0. The zero-order valence-electron chi connectivity index (χ0n) is 11.3. The molecule has 0 N–H and O–H groups in total. The van der Waals surface area contributed by atoms with Crippen molar-refractivity contribution < 1.29 is 9.47 Å². The SMILES string of the molecule is CCOC(OCC)c1ncc(/N=C/N(C)C)cn1. The first-order valence-corrected chi connectivity index (χ1v) is 5.93. The minimum atomic E-state index is -0.508. The minimum Gasteiger partial charge on any atom is -0.369 e. The van der Waals surface area contributed by atoms with Crippen molar-refractivity contribution in [3.05, 3.63) is 18.2 Å². The highest BCUT2D eigenvalue weighted by atomic mass is 16.7. The third-order valence-electron chi connectivity index (χ3n) is 1.94. The van der Waals surface area contributed by atoms with Crippen molar-refractivity contribution >= 4 is 12.0 Å². The summed E-state index contributed by atoms with van der Waals surface area (Å²) >= 11 is 0. The molecule has 0 amide bonds. The largest absolute Gasteiger partial charge is 0.369 e. The van der Waals surface area contributed by atoms with E-state index in [1.807, 2.05) is 32.8 Å². The first-order chi connectivity index (χ1) is 8.67. The molecule has 0 saturated carbocycles. The molecule has 0 aromatic carbocycles. The normalized spacial score (nSPS) is 11.4. The van der Waals surface area contributed by atoms with Gasteiger partial charge in [-0.05, 0) is 13.8 Å². The lowest BCUT2D eigenvalue weighted by atomic mass is 10.5. The van der Waals surface area contributed by atoms with Crippen LogP contribution in [-0.4, -0.2) is 48.5 Å². The molecular weight excluding hydrogens is 232 g/mol. The second kappa shape index (κ2) is 7.73. The van der Waals surface area contributed by atoms with Crippen LogP contribution in [0.2, 0.25) is 0 Å². The van der Waals surface area contributed by atoms with Gasteiger partial charge in [0.1, 0.15) is 5.69 Å². The van der Waals surface area contributed by atoms with Crippen molar-refractivity contribution in [3.8, 4) is 0 Å².